The summed E-state index contributed by atoms with van der Waals surface area (Å²) in [5.41, 5.74) is 6.12. The first-order valence-corrected chi connectivity index (χ1v) is 7.97. The molecule has 2 amide bonds. The molecule has 0 aromatic heterocycles. The van der Waals surface area contributed by atoms with Crippen molar-refractivity contribution < 1.29 is 14.5 Å². The summed E-state index contributed by atoms with van der Waals surface area (Å²) in [6, 6.07) is 7.40. The topological polar surface area (TPSA) is 76.6 Å². The molecule has 1 aliphatic heterocycles. The molecule has 114 valence electrons. The van der Waals surface area contributed by atoms with Gasteiger partial charge in [0.05, 0.1) is 13.1 Å². The Hall–Kier alpha value is -1.40. The molecule has 0 spiro atoms. The van der Waals surface area contributed by atoms with Crippen molar-refractivity contribution in [3.05, 3.63) is 28.7 Å². The molecule has 1 atom stereocenters. The Morgan fingerprint density at radius 3 is 2.62 bits per heavy atom. The van der Waals surface area contributed by atoms with E-state index in [-0.39, 0.29) is 23.8 Å². The number of hydrogen-bond donors (Lipinski definition) is 3. The second-order valence-corrected chi connectivity index (χ2v) is 6.47. The maximum absolute atomic E-state index is 12.3. The van der Waals surface area contributed by atoms with Gasteiger partial charge in [-0.3, -0.25) is 9.59 Å². The van der Waals surface area contributed by atoms with Crippen LogP contribution >= 0.6 is 15.9 Å². The highest BCUT2D eigenvalue weighted by Gasteiger charge is 2.31. The zero-order valence-corrected chi connectivity index (χ0v) is 13.7. The van der Waals surface area contributed by atoms with Crippen molar-refractivity contribution in [3.8, 4) is 0 Å². The normalized spacial score (nSPS) is 23.3. The smallest absolute Gasteiger partial charge is 0.282 e. The van der Waals surface area contributed by atoms with Crippen molar-refractivity contribution in [2.24, 2.45) is 11.7 Å². The highest BCUT2D eigenvalue weighted by Crippen LogP contribution is 2.15. The number of piperidine rings is 1. The van der Waals surface area contributed by atoms with E-state index in [9.17, 15) is 9.59 Å². The van der Waals surface area contributed by atoms with Gasteiger partial charge in [0.1, 0.15) is 0 Å². The van der Waals surface area contributed by atoms with E-state index in [4.69, 9.17) is 5.73 Å². The maximum Gasteiger partial charge on any atom is 0.282 e. The molecule has 1 aromatic rings. The summed E-state index contributed by atoms with van der Waals surface area (Å²) in [5, 5.41) is 2.93. The van der Waals surface area contributed by atoms with Crippen molar-refractivity contribution in [3.63, 3.8) is 0 Å². The summed E-state index contributed by atoms with van der Waals surface area (Å²) in [6.07, 6.45) is 1.53. The van der Waals surface area contributed by atoms with E-state index in [1.54, 1.807) is 0 Å². The summed E-state index contributed by atoms with van der Waals surface area (Å²) in [6.45, 7) is 3.54. The third-order valence-corrected chi connectivity index (χ3v) is 4.62. The maximum atomic E-state index is 12.3. The highest BCUT2D eigenvalue weighted by atomic mass is 79.9. The number of hydrogen-bond acceptors (Lipinski definition) is 2. The number of nitrogens with two attached hydrogens (primary N) is 1. The van der Waals surface area contributed by atoms with E-state index >= 15 is 0 Å². The molecule has 2 rings (SSSR count). The Bertz CT molecular complexity index is 527. The van der Waals surface area contributed by atoms with Gasteiger partial charge in [-0.25, -0.2) is 0 Å². The highest BCUT2D eigenvalue weighted by molar-refractivity contribution is 9.10. The number of carbonyl (C=O) groups is 2. The van der Waals surface area contributed by atoms with Gasteiger partial charge in [-0.2, -0.15) is 0 Å². The van der Waals surface area contributed by atoms with Gasteiger partial charge < -0.3 is 16.0 Å². The minimum atomic E-state index is -0.222. The van der Waals surface area contributed by atoms with Gasteiger partial charge in [-0.15, -0.1) is 0 Å². The summed E-state index contributed by atoms with van der Waals surface area (Å²) in [5.74, 6) is -0.255. The molecule has 1 aromatic carbocycles. The molecule has 0 saturated carbocycles. The van der Waals surface area contributed by atoms with Crippen LogP contribution in [-0.4, -0.2) is 30.9 Å². The van der Waals surface area contributed by atoms with Gasteiger partial charge in [0.2, 0.25) is 5.91 Å². The molecule has 0 aliphatic carbocycles. The number of halogens is 1. The Labute approximate surface area is 133 Å². The van der Waals surface area contributed by atoms with Crippen LogP contribution in [0.2, 0.25) is 0 Å². The molecule has 5 nitrogen and oxygen atoms in total. The van der Waals surface area contributed by atoms with Gasteiger partial charge in [0.15, 0.2) is 6.04 Å². The number of amides is 2. The van der Waals surface area contributed by atoms with Crippen LogP contribution in [0.5, 0.6) is 0 Å². The standard InChI is InChI=1S/C15H20BrN3O2/c1-10(19-7-5-11(6-8-19)14(17)20)15(21)18-13-4-2-3-12(16)9-13/h2-4,9-11H,5-8H2,1H3,(H2,17,20)(H,18,21)/p+1/t10-/m1/s1. The fraction of sp³-hybridized carbons (Fsp3) is 0.467. The van der Waals surface area contributed by atoms with E-state index in [1.165, 1.54) is 4.90 Å². The van der Waals surface area contributed by atoms with Gasteiger partial charge >= 0.3 is 0 Å². The van der Waals surface area contributed by atoms with E-state index in [1.807, 2.05) is 31.2 Å². The summed E-state index contributed by atoms with van der Waals surface area (Å²) >= 11 is 3.39. The molecule has 1 saturated heterocycles. The number of anilines is 1. The first kappa shape index (κ1) is 16.0. The van der Waals surface area contributed by atoms with Crippen LogP contribution < -0.4 is 16.0 Å². The Kier molecular flexibility index (Phi) is 5.36. The molecule has 0 radical (unpaired) electrons. The van der Waals surface area contributed by atoms with E-state index < -0.39 is 0 Å². The Morgan fingerprint density at radius 1 is 1.38 bits per heavy atom. The molecule has 0 unspecified atom stereocenters. The summed E-state index contributed by atoms with van der Waals surface area (Å²) < 4.78 is 0.933. The number of likely N-dealkylation sites (tertiary alicyclic amines) is 1. The van der Waals surface area contributed by atoms with E-state index in [0.717, 1.165) is 36.1 Å². The zero-order valence-electron chi connectivity index (χ0n) is 12.1. The van der Waals surface area contributed by atoms with Crippen LogP contribution in [0.1, 0.15) is 19.8 Å². The SMILES string of the molecule is C[C@H](C(=O)Nc1cccc(Br)c1)[NH+]1CCC(C(N)=O)CC1. The van der Waals surface area contributed by atoms with Crippen molar-refractivity contribution in [2.75, 3.05) is 18.4 Å². The fourth-order valence-electron chi connectivity index (χ4n) is 2.71. The first-order valence-electron chi connectivity index (χ1n) is 7.17. The average molecular weight is 355 g/mol. The lowest BCUT2D eigenvalue weighted by molar-refractivity contribution is -0.919. The number of benzene rings is 1. The number of primary amides is 1. The minimum Gasteiger partial charge on any atom is -0.369 e. The second-order valence-electron chi connectivity index (χ2n) is 5.56. The van der Waals surface area contributed by atoms with Crippen LogP contribution in [0.25, 0.3) is 0 Å². The molecule has 21 heavy (non-hydrogen) atoms. The van der Waals surface area contributed by atoms with Crippen molar-refractivity contribution in [1.29, 1.82) is 0 Å². The minimum absolute atomic E-state index is 0.000579. The Morgan fingerprint density at radius 2 is 2.05 bits per heavy atom. The predicted molar refractivity (Wildman–Crippen MR) is 84.8 cm³/mol. The third-order valence-electron chi connectivity index (χ3n) is 4.13. The lowest BCUT2D eigenvalue weighted by Crippen LogP contribution is -3.17. The van der Waals surface area contributed by atoms with Crippen molar-refractivity contribution in [1.82, 2.24) is 0 Å². The summed E-state index contributed by atoms with van der Waals surface area (Å²) in [7, 11) is 0. The zero-order chi connectivity index (χ0) is 15.4. The lowest BCUT2D eigenvalue weighted by atomic mass is 9.95. The van der Waals surface area contributed by atoms with Gasteiger partial charge in [0.25, 0.3) is 5.91 Å². The molecule has 1 fully saturated rings. The van der Waals surface area contributed by atoms with Crippen molar-refractivity contribution >= 4 is 33.4 Å². The summed E-state index contributed by atoms with van der Waals surface area (Å²) in [4.78, 5) is 24.7. The molecular formula is C15H21BrN3O2+. The van der Waals surface area contributed by atoms with Crippen LogP contribution in [0, 0.1) is 5.92 Å². The number of carbonyl (C=O) groups excluding carboxylic acids is 2. The largest absolute Gasteiger partial charge is 0.369 e. The average Bonchev–Trinajstić information content (AvgIpc) is 2.46. The number of nitrogens with one attached hydrogen (secondary N) is 2. The molecule has 4 N–H and O–H groups in total. The first-order chi connectivity index (χ1) is 9.97. The van der Waals surface area contributed by atoms with Crippen LogP contribution in [0.4, 0.5) is 5.69 Å². The van der Waals surface area contributed by atoms with E-state index in [2.05, 4.69) is 21.2 Å². The van der Waals surface area contributed by atoms with Crippen LogP contribution in [0.3, 0.4) is 0 Å². The lowest BCUT2D eigenvalue weighted by Gasteiger charge is -2.31. The monoisotopic (exact) mass is 354 g/mol. The molecular weight excluding hydrogens is 334 g/mol. The second kappa shape index (κ2) is 7.04. The predicted octanol–water partition coefficient (Wildman–Crippen LogP) is 0.556. The number of quaternary nitrogens is 1. The van der Waals surface area contributed by atoms with Gasteiger partial charge in [-0.1, -0.05) is 22.0 Å². The number of rotatable bonds is 4. The van der Waals surface area contributed by atoms with E-state index in [0.29, 0.717) is 0 Å². The third kappa shape index (κ3) is 4.28. The molecule has 6 heteroatoms. The van der Waals surface area contributed by atoms with Crippen LogP contribution in [0.15, 0.2) is 28.7 Å². The molecule has 0 bridgehead atoms. The van der Waals surface area contributed by atoms with Gasteiger partial charge in [0, 0.05) is 28.9 Å². The Balaban J connectivity index is 1.90. The van der Waals surface area contributed by atoms with Gasteiger partial charge in [-0.05, 0) is 25.1 Å². The van der Waals surface area contributed by atoms with Crippen LogP contribution in [-0.2, 0) is 9.59 Å². The fourth-order valence-corrected chi connectivity index (χ4v) is 3.11. The molecule has 1 heterocycles. The molecule has 1 aliphatic rings. The van der Waals surface area contributed by atoms with Crippen molar-refractivity contribution in [2.45, 2.75) is 25.8 Å². The quantitative estimate of drug-likeness (QED) is 0.738.